The lowest BCUT2D eigenvalue weighted by molar-refractivity contribution is -0.145. The summed E-state index contributed by atoms with van der Waals surface area (Å²) in [5.74, 6) is -2.52. The lowest BCUT2D eigenvalue weighted by Gasteiger charge is -2.18. The van der Waals surface area contributed by atoms with Crippen LogP contribution in [0.2, 0.25) is 0 Å². The summed E-state index contributed by atoms with van der Waals surface area (Å²) >= 11 is 3.10. The van der Waals surface area contributed by atoms with Gasteiger partial charge in [-0.05, 0) is 46.5 Å². The quantitative estimate of drug-likeness (QED) is 0.707. The highest BCUT2D eigenvalue weighted by molar-refractivity contribution is 9.10. The van der Waals surface area contributed by atoms with E-state index in [1.54, 1.807) is 0 Å². The van der Waals surface area contributed by atoms with Crippen LogP contribution in [0.15, 0.2) is 22.7 Å². The van der Waals surface area contributed by atoms with Crippen molar-refractivity contribution in [2.45, 2.75) is 26.3 Å². The topological polar surface area (TPSA) is 81.7 Å². The van der Waals surface area contributed by atoms with Gasteiger partial charge in [0.2, 0.25) is 0 Å². The minimum absolute atomic E-state index is 0.0329. The SMILES string of the molecule is COC(=O)[C@@H](CC(C)C)NC(=O)COC(=O)c1cc(F)ccc1Br. The van der Waals surface area contributed by atoms with E-state index in [1.165, 1.54) is 19.2 Å². The van der Waals surface area contributed by atoms with Crippen molar-refractivity contribution in [3.8, 4) is 0 Å². The molecule has 1 aromatic carbocycles. The van der Waals surface area contributed by atoms with E-state index < -0.39 is 36.3 Å². The maximum Gasteiger partial charge on any atom is 0.339 e. The number of amides is 1. The Morgan fingerprint density at radius 1 is 1.29 bits per heavy atom. The standard InChI is InChI=1S/C16H19BrFNO5/c1-9(2)6-13(16(22)23-3)19-14(20)8-24-15(21)11-7-10(18)4-5-12(11)17/h4-5,7,9,13H,6,8H2,1-3H3,(H,19,20)/t13-/m1/s1. The van der Waals surface area contributed by atoms with Gasteiger partial charge in [0.05, 0.1) is 12.7 Å². The molecule has 1 N–H and O–H groups in total. The number of rotatable bonds is 7. The average Bonchev–Trinajstić information content (AvgIpc) is 2.53. The van der Waals surface area contributed by atoms with E-state index in [-0.39, 0.29) is 11.5 Å². The van der Waals surface area contributed by atoms with E-state index in [2.05, 4.69) is 26.0 Å². The fourth-order valence-corrected chi connectivity index (χ4v) is 2.34. The first-order valence-electron chi connectivity index (χ1n) is 7.24. The Morgan fingerprint density at radius 2 is 1.96 bits per heavy atom. The smallest absolute Gasteiger partial charge is 0.339 e. The van der Waals surface area contributed by atoms with Crippen molar-refractivity contribution >= 4 is 33.8 Å². The van der Waals surface area contributed by atoms with Gasteiger partial charge in [0.25, 0.3) is 5.91 Å². The summed E-state index contributed by atoms with van der Waals surface area (Å²) in [6, 6.07) is 2.73. The van der Waals surface area contributed by atoms with Crippen molar-refractivity contribution in [3.63, 3.8) is 0 Å². The van der Waals surface area contributed by atoms with Crippen LogP contribution in [0.3, 0.4) is 0 Å². The molecule has 0 spiro atoms. The highest BCUT2D eigenvalue weighted by Crippen LogP contribution is 2.18. The van der Waals surface area contributed by atoms with Gasteiger partial charge in [-0.15, -0.1) is 0 Å². The molecule has 1 amide bonds. The number of hydrogen-bond acceptors (Lipinski definition) is 5. The Balaban J connectivity index is 2.62. The largest absolute Gasteiger partial charge is 0.467 e. The second-order valence-electron chi connectivity index (χ2n) is 5.47. The Labute approximate surface area is 147 Å². The van der Waals surface area contributed by atoms with Crippen molar-refractivity contribution in [1.29, 1.82) is 0 Å². The minimum atomic E-state index is -0.852. The molecule has 0 radical (unpaired) electrons. The molecule has 0 aliphatic rings. The van der Waals surface area contributed by atoms with Gasteiger partial charge in [-0.25, -0.2) is 14.0 Å². The van der Waals surface area contributed by atoms with Gasteiger partial charge in [0, 0.05) is 4.47 Å². The predicted molar refractivity (Wildman–Crippen MR) is 87.8 cm³/mol. The van der Waals surface area contributed by atoms with Crippen molar-refractivity contribution in [3.05, 3.63) is 34.1 Å². The summed E-state index contributed by atoms with van der Waals surface area (Å²) in [4.78, 5) is 35.4. The maximum absolute atomic E-state index is 13.2. The summed E-state index contributed by atoms with van der Waals surface area (Å²) in [6.45, 7) is 3.20. The summed E-state index contributed by atoms with van der Waals surface area (Å²) in [7, 11) is 1.23. The summed E-state index contributed by atoms with van der Waals surface area (Å²) in [5, 5.41) is 2.46. The van der Waals surface area contributed by atoms with E-state index in [9.17, 15) is 18.8 Å². The molecule has 132 valence electrons. The summed E-state index contributed by atoms with van der Waals surface area (Å²) < 4.78 is 23.0. The molecule has 1 atom stereocenters. The molecular weight excluding hydrogens is 385 g/mol. The molecule has 0 aromatic heterocycles. The summed E-state index contributed by atoms with van der Waals surface area (Å²) in [6.07, 6.45) is 0.391. The van der Waals surface area contributed by atoms with Crippen LogP contribution in [0.5, 0.6) is 0 Å². The van der Waals surface area contributed by atoms with E-state index in [4.69, 9.17) is 4.74 Å². The number of ether oxygens (including phenoxy) is 2. The van der Waals surface area contributed by atoms with E-state index in [0.717, 1.165) is 6.07 Å². The fraction of sp³-hybridized carbons (Fsp3) is 0.438. The molecule has 0 saturated heterocycles. The van der Waals surface area contributed by atoms with Crippen LogP contribution in [0, 0.1) is 11.7 Å². The van der Waals surface area contributed by atoms with Gasteiger partial charge in [-0.2, -0.15) is 0 Å². The molecule has 0 saturated carbocycles. The van der Waals surface area contributed by atoms with E-state index in [0.29, 0.717) is 10.9 Å². The molecule has 0 bridgehead atoms. The Morgan fingerprint density at radius 3 is 2.54 bits per heavy atom. The number of carbonyl (C=O) groups is 3. The zero-order valence-electron chi connectivity index (χ0n) is 13.6. The van der Waals surface area contributed by atoms with Crippen LogP contribution in [-0.4, -0.2) is 37.6 Å². The Bertz CT molecular complexity index is 620. The normalized spacial score (nSPS) is 11.8. The lowest BCUT2D eigenvalue weighted by atomic mass is 10.0. The number of hydrogen-bond donors (Lipinski definition) is 1. The monoisotopic (exact) mass is 403 g/mol. The maximum atomic E-state index is 13.2. The van der Waals surface area contributed by atoms with Crippen LogP contribution >= 0.6 is 15.9 Å². The molecule has 1 aromatic rings. The zero-order valence-corrected chi connectivity index (χ0v) is 15.2. The molecule has 8 heteroatoms. The van der Waals surface area contributed by atoms with Gasteiger partial charge < -0.3 is 14.8 Å². The molecule has 1 rings (SSSR count). The van der Waals surface area contributed by atoms with E-state index in [1.807, 2.05) is 13.8 Å². The molecule has 0 aliphatic carbocycles. The van der Waals surface area contributed by atoms with Gasteiger partial charge in [0.15, 0.2) is 6.61 Å². The number of carbonyl (C=O) groups excluding carboxylic acids is 3. The van der Waals surface area contributed by atoms with Crippen LogP contribution in [0.25, 0.3) is 0 Å². The van der Waals surface area contributed by atoms with Gasteiger partial charge in [-0.3, -0.25) is 4.79 Å². The molecule has 24 heavy (non-hydrogen) atoms. The predicted octanol–water partition coefficient (Wildman–Crippen LogP) is 2.45. The zero-order chi connectivity index (χ0) is 18.3. The van der Waals surface area contributed by atoms with E-state index >= 15 is 0 Å². The highest BCUT2D eigenvalue weighted by atomic mass is 79.9. The molecular formula is C16H19BrFNO5. The number of nitrogens with one attached hydrogen (secondary N) is 1. The Hall–Kier alpha value is -1.96. The highest BCUT2D eigenvalue weighted by Gasteiger charge is 2.23. The number of esters is 2. The first-order chi connectivity index (χ1) is 11.2. The average molecular weight is 404 g/mol. The number of halogens is 2. The van der Waals surface area contributed by atoms with Crippen molar-refractivity contribution in [2.75, 3.05) is 13.7 Å². The van der Waals surface area contributed by atoms with Gasteiger partial charge in [-0.1, -0.05) is 13.8 Å². The number of benzene rings is 1. The minimum Gasteiger partial charge on any atom is -0.467 e. The molecule has 0 unspecified atom stereocenters. The number of methoxy groups -OCH3 is 1. The van der Waals surface area contributed by atoms with Gasteiger partial charge >= 0.3 is 11.9 Å². The van der Waals surface area contributed by atoms with Crippen LogP contribution in [0.4, 0.5) is 4.39 Å². The van der Waals surface area contributed by atoms with Crippen LogP contribution in [-0.2, 0) is 19.1 Å². The third-order valence-corrected chi connectivity index (χ3v) is 3.70. The van der Waals surface area contributed by atoms with Gasteiger partial charge in [0.1, 0.15) is 11.9 Å². The molecule has 6 nitrogen and oxygen atoms in total. The van der Waals surface area contributed by atoms with Crippen LogP contribution < -0.4 is 5.32 Å². The second kappa shape index (κ2) is 9.36. The molecule has 0 fully saturated rings. The second-order valence-corrected chi connectivity index (χ2v) is 6.33. The fourth-order valence-electron chi connectivity index (χ4n) is 1.93. The third kappa shape index (κ3) is 6.27. The first kappa shape index (κ1) is 20.1. The van der Waals surface area contributed by atoms with Crippen LogP contribution in [0.1, 0.15) is 30.6 Å². The van der Waals surface area contributed by atoms with Crippen molar-refractivity contribution < 1.29 is 28.2 Å². The molecule has 0 aliphatic heterocycles. The van der Waals surface area contributed by atoms with Crippen molar-refractivity contribution in [1.82, 2.24) is 5.32 Å². The third-order valence-electron chi connectivity index (χ3n) is 3.01. The molecule has 0 heterocycles. The lowest BCUT2D eigenvalue weighted by Crippen LogP contribution is -2.44. The summed E-state index contributed by atoms with van der Waals surface area (Å²) in [5.41, 5.74) is -0.0329. The first-order valence-corrected chi connectivity index (χ1v) is 8.03. The van der Waals surface area contributed by atoms with Crippen molar-refractivity contribution in [2.24, 2.45) is 5.92 Å². The Kier molecular flexibility index (Phi) is 7.84.